The molecule has 0 amide bonds. The Balaban J connectivity index is 0. The Bertz CT molecular complexity index is 0. The van der Waals surface area contributed by atoms with E-state index in [0.717, 1.165) is 0 Å². The molecule has 0 aromatic carbocycles. The molecule has 0 bridgehead atoms. The van der Waals surface area contributed by atoms with Gasteiger partial charge in [-0.05, 0) is 0 Å². The Morgan fingerprint density at radius 2 is 0.167 bits per heavy atom. The topological polar surface area (TPSA) is 0 Å². The van der Waals surface area contributed by atoms with Gasteiger partial charge in [-0.3, -0.25) is 0 Å². The van der Waals surface area contributed by atoms with Crippen LogP contribution in [0, 0.1) is 0 Å². The first-order chi connectivity index (χ1) is 0. The van der Waals surface area contributed by atoms with Gasteiger partial charge in [-0.2, -0.15) is 0 Å². The van der Waals surface area contributed by atoms with Gasteiger partial charge in [0.25, 0.3) is 0 Å². The first-order valence-corrected chi connectivity index (χ1v) is 0. The quantitative estimate of drug-likeness (QED) is 0.546. The summed E-state index contributed by atoms with van der Waals surface area (Å²) in [6.07, 6.45) is 0. The summed E-state index contributed by atoms with van der Waals surface area (Å²) < 4.78 is 0. The van der Waals surface area contributed by atoms with Crippen molar-refractivity contribution >= 4 is 0 Å². The van der Waals surface area contributed by atoms with E-state index >= 15 is 0 Å². The van der Waals surface area contributed by atoms with Gasteiger partial charge < -0.3 is 0 Å². The largest absolute Gasteiger partial charge is 0 e. The second-order valence-electron chi connectivity index (χ2n) is 0. The van der Waals surface area contributed by atoms with Crippen molar-refractivity contribution in [2.75, 3.05) is 0 Å². The average Bonchev–Trinajstić information content (AvgIpc) is 0. The van der Waals surface area contributed by atoms with Gasteiger partial charge >= 0.3 is 0 Å². The second-order valence-corrected chi connectivity index (χ2v) is 0. The predicted molar refractivity (Wildman–Crippen MR) is 0 cm³/mol. The first-order valence-electron chi connectivity index (χ1n) is 0. The van der Waals surface area contributed by atoms with Crippen molar-refractivity contribution < 1.29 is 102 Å². The molecule has 0 nitrogen and oxygen atoms in total. The standard InChI is InChI=1S/6Fe. The molecule has 0 aromatic rings. The summed E-state index contributed by atoms with van der Waals surface area (Å²) in [7, 11) is 0. The van der Waals surface area contributed by atoms with Gasteiger partial charge in [-0.15, -0.1) is 0 Å². The predicted octanol–water partition coefficient (Wildman–Crippen LogP) is -0.0150. The molecule has 0 spiro atoms. The zero-order valence-electron chi connectivity index (χ0n) is 2.12. The molecule has 6 heavy (non-hydrogen) atoms. The fraction of sp³-hybridized carbons (Fsp3) is 0. The smallest absolute Gasteiger partial charge is 0 e. The van der Waals surface area contributed by atoms with E-state index in [1.165, 1.54) is 0 Å². The number of hydrogen-bond donors (Lipinski definition) is 0. The number of rotatable bonds is 0. The maximum atomic E-state index is 0. The molecule has 0 aliphatic rings. The van der Waals surface area contributed by atoms with Crippen LogP contribution in [0.4, 0.5) is 0 Å². The molecule has 0 heterocycles. The van der Waals surface area contributed by atoms with Crippen molar-refractivity contribution in [2.24, 2.45) is 0 Å². The monoisotopic (exact) mass is 336 g/mol. The van der Waals surface area contributed by atoms with Crippen LogP contribution in [0.25, 0.3) is 0 Å². The molecule has 0 rings (SSSR count). The van der Waals surface area contributed by atoms with Crippen molar-refractivity contribution in [3.05, 3.63) is 0 Å². The second kappa shape index (κ2) is 42.3. The van der Waals surface area contributed by atoms with E-state index in [1.54, 1.807) is 0 Å². The minimum Gasteiger partial charge on any atom is 0 e. The molecule has 0 aliphatic heterocycles. The minimum atomic E-state index is 0. The van der Waals surface area contributed by atoms with E-state index in [2.05, 4.69) is 0 Å². The Morgan fingerprint density at radius 1 is 0.167 bits per heavy atom. The van der Waals surface area contributed by atoms with Gasteiger partial charge in [0.15, 0.2) is 0 Å². The van der Waals surface area contributed by atoms with Crippen molar-refractivity contribution in [1.82, 2.24) is 0 Å². The Hall–Kier alpha value is 3.12. The summed E-state index contributed by atoms with van der Waals surface area (Å²) in [5, 5.41) is 0. The molecule has 0 unspecified atom stereocenters. The van der Waals surface area contributed by atoms with Crippen LogP contribution in [-0.4, -0.2) is 0 Å². The summed E-state index contributed by atoms with van der Waals surface area (Å²) in [6.45, 7) is 0. The van der Waals surface area contributed by atoms with Crippen LogP contribution in [0.15, 0.2) is 0 Å². The first kappa shape index (κ1) is 61.8. The van der Waals surface area contributed by atoms with Gasteiger partial charge in [0.1, 0.15) is 0 Å². The van der Waals surface area contributed by atoms with Crippen LogP contribution in [0.3, 0.4) is 0 Å². The van der Waals surface area contributed by atoms with Crippen LogP contribution < -0.4 is 0 Å². The normalized spacial score (nSPS) is 0. The SMILES string of the molecule is [Fe].[Fe].[Fe].[Fe].[Fe].[Fe]. The molecule has 0 N–H and O–H groups in total. The van der Waals surface area contributed by atoms with E-state index < -0.39 is 0 Å². The van der Waals surface area contributed by atoms with Crippen molar-refractivity contribution in [3.63, 3.8) is 0 Å². The maximum Gasteiger partial charge on any atom is 0 e. The molecule has 0 aromatic heterocycles. The van der Waals surface area contributed by atoms with E-state index in [4.69, 9.17) is 0 Å². The number of hydrogen-bond acceptors (Lipinski definition) is 0. The molecule has 6 heteroatoms. The zero-order valence-corrected chi connectivity index (χ0v) is 8.75. The van der Waals surface area contributed by atoms with E-state index in [0.29, 0.717) is 0 Å². The van der Waals surface area contributed by atoms with Crippen molar-refractivity contribution in [3.8, 4) is 0 Å². The third-order valence-electron chi connectivity index (χ3n) is 0. The Labute approximate surface area is 101 Å². The van der Waals surface area contributed by atoms with Gasteiger partial charge in [0, 0.05) is 102 Å². The third kappa shape index (κ3) is 27.4. The third-order valence-corrected chi connectivity index (χ3v) is 0. The van der Waals surface area contributed by atoms with Crippen LogP contribution >= 0.6 is 0 Å². The van der Waals surface area contributed by atoms with Crippen LogP contribution in [0.5, 0.6) is 0 Å². The summed E-state index contributed by atoms with van der Waals surface area (Å²) in [4.78, 5) is 0. The Kier molecular flexibility index (Phi) is 436. The molecule has 48 valence electrons. The van der Waals surface area contributed by atoms with E-state index in [-0.39, 0.29) is 102 Å². The molecule has 0 fully saturated rings. The molecule has 0 atom stereocenters. The van der Waals surface area contributed by atoms with Gasteiger partial charge in [0.05, 0.1) is 0 Å². The van der Waals surface area contributed by atoms with Gasteiger partial charge in [0.2, 0.25) is 0 Å². The molecular weight excluding hydrogens is 335 g/mol. The molecule has 0 aliphatic carbocycles. The summed E-state index contributed by atoms with van der Waals surface area (Å²) >= 11 is 0. The fourth-order valence-electron chi connectivity index (χ4n) is 0. The Morgan fingerprint density at radius 3 is 0.167 bits per heavy atom. The molecule has 0 radical (unpaired) electrons. The summed E-state index contributed by atoms with van der Waals surface area (Å²) in [6, 6.07) is 0. The van der Waals surface area contributed by atoms with Gasteiger partial charge in [-0.25, -0.2) is 0 Å². The fourth-order valence-corrected chi connectivity index (χ4v) is 0. The summed E-state index contributed by atoms with van der Waals surface area (Å²) in [5.41, 5.74) is 0. The van der Waals surface area contributed by atoms with E-state index in [1.807, 2.05) is 0 Å². The minimum absolute atomic E-state index is 0. The maximum absolute atomic E-state index is 0. The zero-order chi connectivity index (χ0) is 0. The molecular formula is Fe6. The van der Waals surface area contributed by atoms with E-state index in [9.17, 15) is 0 Å². The molecule has 0 saturated heterocycles. The van der Waals surface area contributed by atoms with Crippen LogP contribution in [-0.2, 0) is 102 Å². The average molecular weight is 335 g/mol. The van der Waals surface area contributed by atoms with Crippen molar-refractivity contribution in [1.29, 1.82) is 0 Å². The van der Waals surface area contributed by atoms with Crippen molar-refractivity contribution in [2.45, 2.75) is 0 Å². The molecule has 0 saturated carbocycles. The van der Waals surface area contributed by atoms with Crippen LogP contribution in [0.1, 0.15) is 0 Å². The van der Waals surface area contributed by atoms with Gasteiger partial charge in [-0.1, -0.05) is 0 Å². The van der Waals surface area contributed by atoms with Crippen LogP contribution in [0.2, 0.25) is 0 Å². The summed E-state index contributed by atoms with van der Waals surface area (Å²) in [5.74, 6) is 0.